The lowest BCUT2D eigenvalue weighted by Gasteiger charge is -2.33. The summed E-state index contributed by atoms with van der Waals surface area (Å²) in [5.74, 6) is -0.427. The van der Waals surface area contributed by atoms with Crippen LogP contribution in [0.5, 0.6) is 5.75 Å². The van der Waals surface area contributed by atoms with Crippen LogP contribution in [-0.2, 0) is 12.2 Å². The van der Waals surface area contributed by atoms with Gasteiger partial charge in [0.05, 0.1) is 17.7 Å². The van der Waals surface area contributed by atoms with Gasteiger partial charge in [-0.1, -0.05) is 6.08 Å². The Morgan fingerprint density at radius 3 is 3.00 bits per heavy atom. The highest BCUT2D eigenvalue weighted by Crippen LogP contribution is 2.42. The molecule has 1 aromatic rings. The summed E-state index contributed by atoms with van der Waals surface area (Å²) in [5.41, 5.74) is 10.3. The molecule has 0 bridgehead atoms. The molecule has 0 aliphatic carbocycles. The molecule has 28 heavy (non-hydrogen) atoms. The molecular weight excluding hydrogens is 357 g/mol. The molecule has 4 rings (SSSR count). The van der Waals surface area contributed by atoms with Gasteiger partial charge in [-0.25, -0.2) is 9.38 Å². The van der Waals surface area contributed by atoms with Gasteiger partial charge in [0.15, 0.2) is 0 Å². The molecule has 3 heterocycles. The lowest BCUT2D eigenvalue weighted by Crippen LogP contribution is -2.52. The number of benzene rings is 1. The van der Waals surface area contributed by atoms with Gasteiger partial charge in [-0.2, -0.15) is 0 Å². The number of amidine groups is 1. The molecule has 4 N–H and O–H groups in total. The van der Waals surface area contributed by atoms with Crippen LogP contribution in [0.4, 0.5) is 4.39 Å². The van der Waals surface area contributed by atoms with Crippen LogP contribution in [-0.4, -0.2) is 44.5 Å². The van der Waals surface area contributed by atoms with Crippen molar-refractivity contribution in [1.29, 1.82) is 0 Å². The molecule has 0 saturated heterocycles. The molecule has 3 aliphatic heterocycles. The molecule has 0 amide bonds. The average molecular weight is 385 g/mol. The van der Waals surface area contributed by atoms with Crippen LogP contribution in [0.25, 0.3) is 5.57 Å². The van der Waals surface area contributed by atoms with E-state index in [1.165, 1.54) is 0 Å². The van der Waals surface area contributed by atoms with Crippen molar-refractivity contribution in [2.24, 2.45) is 10.7 Å². The first kappa shape index (κ1) is 19.0. The monoisotopic (exact) mass is 385 g/mol. The Balaban J connectivity index is 1.87. The Kier molecular flexibility index (Phi) is 4.89. The number of fused-ring (bicyclic) bond motifs is 1. The number of nitrogens with zero attached hydrogens (tertiary/aromatic N) is 2. The number of nitrogens with one attached hydrogen (secondary N) is 2. The van der Waals surface area contributed by atoms with Gasteiger partial charge in [-0.15, -0.1) is 0 Å². The average Bonchev–Trinajstić information content (AvgIpc) is 3.01. The highest BCUT2D eigenvalue weighted by molar-refractivity contribution is 5.94. The third kappa shape index (κ3) is 3.29. The maximum Gasteiger partial charge on any atom is 0.214 e. The molecule has 1 atom stereocenters. The first-order valence-corrected chi connectivity index (χ1v) is 9.81. The summed E-state index contributed by atoms with van der Waals surface area (Å²) in [6.45, 7) is 4.25. The lowest BCUT2D eigenvalue weighted by atomic mass is 9.91. The van der Waals surface area contributed by atoms with Gasteiger partial charge >= 0.3 is 0 Å². The molecule has 1 aromatic carbocycles. The smallest absolute Gasteiger partial charge is 0.214 e. The first-order chi connectivity index (χ1) is 13.4. The van der Waals surface area contributed by atoms with Crippen LogP contribution in [0.3, 0.4) is 0 Å². The summed E-state index contributed by atoms with van der Waals surface area (Å²) in [5, 5.41) is 6.17. The highest BCUT2D eigenvalue weighted by Gasteiger charge is 2.37. The van der Waals surface area contributed by atoms with E-state index in [-0.39, 0.29) is 5.82 Å². The molecule has 0 aromatic heterocycles. The predicted molar refractivity (Wildman–Crippen MR) is 110 cm³/mol. The molecule has 0 spiro atoms. The second kappa shape index (κ2) is 7.22. The molecule has 3 aliphatic rings. The van der Waals surface area contributed by atoms with Crippen LogP contribution in [0.1, 0.15) is 36.5 Å². The van der Waals surface area contributed by atoms with Gasteiger partial charge < -0.3 is 20.3 Å². The third-order valence-electron chi connectivity index (χ3n) is 5.57. The molecule has 0 radical (unpaired) electrons. The van der Waals surface area contributed by atoms with E-state index < -0.39 is 5.79 Å². The minimum Gasteiger partial charge on any atom is -0.492 e. The van der Waals surface area contributed by atoms with E-state index in [0.29, 0.717) is 29.3 Å². The molecule has 0 fully saturated rings. The number of rotatable bonds is 2. The number of allylic oxidation sites excluding steroid dienone is 2. The van der Waals surface area contributed by atoms with E-state index in [2.05, 4.69) is 33.6 Å². The van der Waals surface area contributed by atoms with Crippen molar-refractivity contribution in [3.05, 3.63) is 46.4 Å². The Hall–Kier alpha value is -2.38. The van der Waals surface area contributed by atoms with Crippen molar-refractivity contribution in [3.8, 4) is 5.75 Å². The van der Waals surface area contributed by atoms with Crippen molar-refractivity contribution in [2.75, 3.05) is 33.8 Å². The maximum absolute atomic E-state index is 16.0. The molecule has 0 saturated carbocycles. The largest absolute Gasteiger partial charge is 0.492 e. The van der Waals surface area contributed by atoms with E-state index in [1.54, 1.807) is 7.05 Å². The van der Waals surface area contributed by atoms with Gasteiger partial charge in [0.2, 0.25) is 5.79 Å². The van der Waals surface area contributed by atoms with Crippen LogP contribution >= 0.6 is 0 Å². The number of hydrogen-bond donors (Lipinski definition) is 3. The number of halogens is 1. The maximum atomic E-state index is 16.0. The Bertz CT molecular complexity index is 891. The predicted octanol–water partition coefficient (Wildman–Crippen LogP) is 2.06. The highest BCUT2D eigenvalue weighted by atomic mass is 19.1. The van der Waals surface area contributed by atoms with Crippen LogP contribution < -0.4 is 21.1 Å². The Morgan fingerprint density at radius 2 is 2.21 bits per heavy atom. The van der Waals surface area contributed by atoms with E-state index in [0.717, 1.165) is 49.2 Å². The van der Waals surface area contributed by atoms with Crippen LogP contribution in [0.15, 0.2) is 28.9 Å². The van der Waals surface area contributed by atoms with Gasteiger partial charge in [0.25, 0.3) is 0 Å². The van der Waals surface area contributed by atoms with Gasteiger partial charge in [0.1, 0.15) is 17.4 Å². The van der Waals surface area contributed by atoms with Crippen molar-refractivity contribution in [2.45, 2.75) is 32.0 Å². The minimum atomic E-state index is -1.37. The van der Waals surface area contributed by atoms with Crippen molar-refractivity contribution < 1.29 is 9.13 Å². The number of aliphatic imine (C=N–C) groups is 1. The topological polar surface area (TPSA) is 74.9 Å². The molecule has 150 valence electrons. The molecular formula is C21H28FN5O. The van der Waals surface area contributed by atoms with Crippen LogP contribution in [0.2, 0.25) is 0 Å². The van der Waals surface area contributed by atoms with E-state index in [9.17, 15) is 0 Å². The number of nitrogens with two attached hydrogens (primary N) is 1. The second-order valence-electron chi connectivity index (χ2n) is 7.76. The fraction of sp³-hybridized carbons (Fsp3) is 0.476. The normalized spacial score (nSPS) is 25.0. The van der Waals surface area contributed by atoms with Crippen molar-refractivity contribution >= 4 is 11.4 Å². The molecule has 7 heteroatoms. The zero-order valence-corrected chi connectivity index (χ0v) is 16.7. The van der Waals surface area contributed by atoms with E-state index in [1.807, 2.05) is 19.1 Å². The zero-order valence-electron chi connectivity index (χ0n) is 16.7. The number of hydrogen-bond acceptors (Lipinski definition) is 6. The Morgan fingerprint density at radius 1 is 1.39 bits per heavy atom. The lowest BCUT2D eigenvalue weighted by molar-refractivity contribution is 0.350. The number of ether oxygens (including phenoxy) is 1. The zero-order chi connectivity index (χ0) is 19.9. The van der Waals surface area contributed by atoms with E-state index >= 15 is 4.39 Å². The third-order valence-corrected chi connectivity index (χ3v) is 5.57. The summed E-state index contributed by atoms with van der Waals surface area (Å²) < 4.78 is 21.8. The summed E-state index contributed by atoms with van der Waals surface area (Å²) in [6, 6.07) is 1.81. The van der Waals surface area contributed by atoms with Crippen molar-refractivity contribution in [1.82, 2.24) is 15.5 Å². The minimum absolute atomic E-state index is 0.347. The first-order valence-electron chi connectivity index (χ1n) is 9.81. The summed E-state index contributed by atoms with van der Waals surface area (Å²) in [7, 11) is 3.86. The van der Waals surface area contributed by atoms with E-state index in [4.69, 9.17) is 10.5 Å². The SMILES string of the molecule is CNC1=NC(N)(c2cc3c(c(C4=CCN(C)CCC4)c2F)OCC3)NC(C)=C1. The number of likely N-dealkylation sites (N-methyl/N-ethyl adjacent to an activating group) is 2. The van der Waals surface area contributed by atoms with Crippen molar-refractivity contribution in [3.63, 3.8) is 0 Å². The van der Waals surface area contributed by atoms with Gasteiger partial charge in [0, 0.05) is 25.7 Å². The standard InChI is InChI=1S/C21H28FN5O/c1-13-11-17(24-2)26-21(23,25-13)16-12-15-7-10-28-20(15)18(19(16)22)14-5-4-8-27(3)9-6-14/h6,11-12,25H,4-5,7-10,23H2,1-3H3,(H,24,26). The second-order valence-corrected chi connectivity index (χ2v) is 7.76. The molecule has 6 nitrogen and oxygen atoms in total. The van der Waals surface area contributed by atoms with Gasteiger partial charge in [-0.05, 0) is 56.6 Å². The summed E-state index contributed by atoms with van der Waals surface area (Å²) in [4.78, 5) is 6.78. The molecule has 1 unspecified atom stereocenters. The summed E-state index contributed by atoms with van der Waals surface area (Å²) in [6.07, 6.45) is 6.51. The van der Waals surface area contributed by atoms with Crippen LogP contribution in [0, 0.1) is 5.82 Å². The fourth-order valence-electron chi connectivity index (χ4n) is 4.15. The fourth-order valence-corrected chi connectivity index (χ4v) is 4.15. The Labute approximate surface area is 165 Å². The quantitative estimate of drug-likeness (QED) is 0.727. The van der Waals surface area contributed by atoms with Gasteiger partial charge in [-0.3, -0.25) is 5.73 Å². The summed E-state index contributed by atoms with van der Waals surface area (Å²) >= 11 is 0.